The molecule has 0 amide bonds. The van der Waals surface area contributed by atoms with Crippen LogP contribution in [0.2, 0.25) is 0 Å². The summed E-state index contributed by atoms with van der Waals surface area (Å²) in [5.74, 6) is -0.760. The fourth-order valence-corrected chi connectivity index (χ4v) is 1.63. The van der Waals surface area contributed by atoms with E-state index in [1.807, 2.05) is 6.92 Å². The van der Waals surface area contributed by atoms with Crippen LogP contribution in [0.25, 0.3) is 0 Å². The SMILES string of the molecule is CCCCOC(=O)c1ccc2c(c1)C(=O)OC2. The molecule has 0 bridgehead atoms. The van der Waals surface area contributed by atoms with Crippen LogP contribution in [0.5, 0.6) is 0 Å². The molecule has 1 heterocycles. The first-order valence-electron chi connectivity index (χ1n) is 5.69. The molecule has 0 atom stereocenters. The van der Waals surface area contributed by atoms with Crippen molar-refractivity contribution < 1.29 is 19.1 Å². The monoisotopic (exact) mass is 234 g/mol. The predicted molar refractivity (Wildman–Crippen MR) is 60.8 cm³/mol. The summed E-state index contributed by atoms with van der Waals surface area (Å²) in [4.78, 5) is 23.0. The third kappa shape index (κ3) is 2.46. The van der Waals surface area contributed by atoms with Crippen LogP contribution in [0.4, 0.5) is 0 Å². The lowest BCUT2D eigenvalue weighted by atomic mass is 10.1. The minimum atomic E-state index is -0.388. The van der Waals surface area contributed by atoms with Crippen LogP contribution in [0.1, 0.15) is 46.0 Å². The summed E-state index contributed by atoms with van der Waals surface area (Å²) in [7, 11) is 0. The van der Waals surface area contributed by atoms with Gasteiger partial charge in [-0.2, -0.15) is 0 Å². The van der Waals surface area contributed by atoms with E-state index in [2.05, 4.69) is 0 Å². The number of cyclic esters (lactones) is 1. The number of hydrogen-bond acceptors (Lipinski definition) is 4. The van der Waals surface area contributed by atoms with Crippen LogP contribution in [-0.4, -0.2) is 18.5 Å². The van der Waals surface area contributed by atoms with E-state index in [0.29, 0.717) is 24.3 Å². The summed E-state index contributed by atoms with van der Waals surface area (Å²) in [6.45, 7) is 2.73. The van der Waals surface area contributed by atoms with Gasteiger partial charge >= 0.3 is 11.9 Å². The molecule has 0 saturated heterocycles. The van der Waals surface area contributed by atoms with E-state index < -0.39 is 0 Å². The number of hydrogen-bond donors (Lipinski definition) is 0. The van der Waals surface area contributed by atoms with E-state index >= 15 is 0 Å². The molecule has 0 spiro atoms. The quantitative estimate of drug-likeness (QED) is 0.592. The van der Waals surface area contributed by atoms with Gasteiger partial charge in [0.05, 0.1) is 17.7 Å². The van der Waals surface area contributed by atoms with Crippen LogP contribution < -0.4 is 0 Å². The maximum Gasteiger partial charge on any atom is 0.338 e. The molecular weight excluding hydrogens is 220 g/mol. The maximum atomic E-state index is 11.7. The molecule has 0 radical (unpaired) electrons. The number of rotatable bonds is 4. The van der Waals surface area contributed by atoms with E-state index in [1.165, 1.54) is 0 Å². The Morgan fingerprint density at radius 3 is 3.06 bits per heavy atom. The van der Waals surface area contributed by atoms with Crippen molar-refractivity contribution in [3.8, 4) is 0 Å². The van der Waals surface area contributed by atoms with Crippen molar-refractivity contribution in [2.24, 2.45) is 0 Å². The second-order valence-corrected chi connectivity index (χ2v) is 3.94. The Morgan fingerprint density at radius 1 is 1.47 bits per heavy atom. The van der Waals surface area contributed by atoms with Gasteiger partial charge in [-0.05, 0) is 18.6 Å². The largest absolute Gasteiger partial charge is 0.462 e. The third-order valence-corrected chi connectivity index (χ3v) is 2.66. The fraction of sp³-hybridized carbons (Fsp3) is 0.385. The van der Waals surface area contributed by atoms with Crippen LogP contribution >= 0.6 is 0 Å². The molecule has 4 heteroatoms. The van der Waals surface area contributed by atoms with E-state index in [-0.39, 0.29) is 11.9 Å². The molecule has 0 aromatic heterocycles. The molecule has 0 aliphatic carbocycles. The van der Waals surface area contributed by atoms with Gasteiger partial charge in [0, 0.05) is 5.56 Å². The maximum absolute atomic E-state index is 11.7. The van der Waals surface area contributed by atoms with Crippen LogP contribution in [0, 0.1) is 0 Å². The number of ether oxygens (including phenoxy) is 2. The normalized spacial score (nSPS) is 13.1. The Kier molecular flexibility index (Phi) is 3.42. The van der Waals surface area contributed by atoms with Crippen LogP contribution in [-0.2, 0) is 16.1 Å². The summed E-state index contributed by atoms with van der Waals surface area (Å²) >= 11 is 0. The van der Waals surface area contributed by atoms with Crippen molar-refractivity contribution in [3.63, 3.8) is 0 Å². The zero-order valence-corrected chi connectivity index (χ0v) is 9.69. The number of carbonyl (C=O) groups is 2. The van der Waals surface area contributed by atoms with Gasteiger partial charge in [-0.1, -0.05) is 19.4 Å². The lowest BCUT2D eigenvalue weighted by Gasteiger charge is -2.04. The van der Waals surface area contributed by atoms with Gasteiger partial charge < -0.3 is 9.47 Å². The average molecular weight is 234 g/mol. The minimum absolute atomic E-state index is 0.291. The minimum Gasteiger partial charge on any atom is -0.462 e. The summed E-state index contributed by atoms with van der Waals surface area (Å²) in [5.41, 5.74) is 1.69. The topological polar surface area (TPSA) is 52.6 Å². The molecule has 90 valence electrons. The highest BCUT2D eigenvalue weighted by Crippen LogP contribution is 2.21. The molecule has 0 N–H and O–H groups in total. The predicted octanol–water partition coefficient (Wildman–Crippen LogP) is 2.31. The van der Waals surface area contributed by atoms with E-state index in [9.17, 15) is 9.59 Å². The first-order valence-corrected chi connectivity index (χ1v) is 5.69. The van der Waals surface area contributed by atoms with Gasteiger partial charge in [0.15, 0.2) is 0 Å². The van der Waals surface area contributed by atoms with E-state index in [1.54, 1.807) is 18.2 Å². The van der Waals surface area contributed by atoms with Gasteiger partial charge in [-0.15, -0.1) is 0 Å². The Labute approximate surface area is 99.5 Å². The molecule has 17 heavy (non-hydrogen) atoms. The fourth-order valence-electron chi connectivity index (χ4n) is 1.63. The summed E-state index contributed by atoms with van der Waals surface area (Å²) in [6, 6.07) is 4.94. The van der Waals surface area contributed by atoms with E-state index in [0.717, 1.165) is 18.4 Å². The van der Waals surface area contributed by atoms with Crippen molar-refractivity contribution in [3.05, 3.63) is 34.9 Å². The number of benzene rings is 1. The van der Waals surface area contributed by atoms with Gasteiger partial charge in [-0.3, -0.25) is 0 Å². The highest BCUT2D eigenvalue weighted by molar-refractivity contribution is 5.97. The molecule has 1 aromatic carbocycles. The smallest absolute Gasteiger partial charge is 0.338 e. The first kappa shape index (κ1) is 11.6. The van der Waals surface area contributed by atoms with Crippen molar-refractivity contribution in [1.29, 1.82) is 0 Å². The number of unbranched alkanes of at least 4 members (excludes halogenated alkanes) is 1. The second kappa shape index (κ2) is 4.99. The second-order valence-electron chi connectivity index (χ2n) is 3.94. The number of fused-ring (bicyclic) bond motifs is 1. The molecule has 2 rings (SSSR count). The molecular formula is C13H14O4. The Bertz CT molecular complexity index is 451. The van der Waals surface area contributed by atoms with Crippen molar-refractivity contribution in [2.75, 3.05) is 6.61 Å². The molecule has 1 aliphatic heterocycles. The van der Waals surface area contributed by atoms with Gasteiger partial charge in [0.2, 0.25) is 0 Å². The molecule has 0 saturated carbocycles. The van der Waals surface area contributed by atoms with Gasteiger partial charge in [0.25, 0.3) is 0 Å². The molecule has 1 aliphatic rings. The van der Waals surface area contributed by atoms with Crippen molar-refractivity contribution >= 4 is 11.9 Å². The summed E-state index contributed by atoms with van der Waals surface area (Å²) < 4.78 is 9.94. The number of esters is 2. The lowest BCUT2D eigenvalue weighted by Crippen LogP contribution is -2.07. The summed E-state index contributed by atoms with van der Waals surface area (Å²) in [6.07, 6.45) is 1.82. The first-order chi connectivity index (χ1) is 8.22. The molecule has 0 unspecified atom stereocenters. The summed E-state index contributed by atoms with van der Waals surface area (Å²) in [5, 5.41) is 0. The standard InChI is InChI=1S/C13H14O4/c1-2-3-6-16-12(14)9-4-5-10-8-17-13(15)11(10)7-9/h4-5,7H,2-3,6,8H2,1H3. The van der Waals surface area contributed by atoms with E-state index in [4.69, 9.17) is 9.47 Å². The molecule has 0 fully saturated rings. The number of carbonyl (C=O) groups excluding carboxylic acids is 2. The highest BCUT2D eigenvalue weighted by Gasteiger charge is 2.22. The van der Waals surface area contributed by atoms with Gasteiger partial charge in [0.1, 0.15) is 6.61 Å². The Morgan fingerprint density at radius 2 is 2.29 bits per heavy atom. The third-order valence-electron chi connectivity index (χ3n) is 2.66. The Hall–Kier alpha value is -1.84. The molecule has 4 nitrogen and oxygen atoms in total. The van der Waals surface area contributed by atoms with Crippen LogP contribution in [0.3, 0.4) is 0 Å². The van der Waals surface area contributed by atoms with Gasteiger partial charge in [-0.25, -0.2) is 9.59 Å². The Balaban J connectivity index is 2.09. The lowest BCUT2D eigenvalue weighted by molar-refractivity contribution is 0.0499. The average Bonchev–Trinajstić information content (AvgIpc) is 2.71. The zero-order valence-electron chi connectivity index (χ0n) is 9.69. The van der Waals surface area contributed by atoms with Crippen molar-refractivity contribution in [2.45, 2.75) is 26.4 Å². The highest BCUT2D eigenvalue weighted by atomic mass is 16.5. The molecule has 1 aromatic rings. The van der Waals surface area contributed by atoms with Crippen LogP contribution in [0.15, 0.2) is 18.2 Å². The van der Waals surface area contributed by atoms with Crippen molar-refractivity contribution in [1.82, 2.24) is 0 Å². The zero-order chi connectivity index (χ0) is 12.3.